The predicted octanol–water partition coefficient (Wildman–Crippen LogP) is 3.12. The number of amides is 1. The zero-order valence-electron chi connectivity index (χ0n) is 10.9. The van der Waals surface area contributed by atoms with Crippen molar-refractivity contribution in [1.82, 2.24) is 5.32 Å². The van der Waals surface area contributed by atoms with E-state index in [1.807, 2.05) is 0 Å². The summed E-state index contributed by atoms with van der Waals surface area (Å²) in [5.41, 5.74) is 0.292. The van der Waals surface area contributed by atoms with E-state index in [1.165, 1.54) is 32.1 Å². The quantitative estimate of drug-likeness (QED) is 0.727. The van der Waals surface area contributed by atoms with Crippen LogP contribution in [0.4, 0.5) is 0 Å². The maximum Gasteiger partial charge on any atom is 0.220 e. The number of carbonyl (C=O) groups excluding carboxylic acids is 1. The molecule has 1 saturated heterocycles. The van der Waals surface area contributed by atoms with E-state index in [2.05, 4.69) is 26.1 Å². The minimum atomic E-state index is 0.274. The fourth-order valence-electron chi connectivity index (χ4n) is 3.65. The molecule has 2 rings (SSSR count). The lowest BCUT2D eigenvalue weighted by molar-refractivity contribution is -0.119. The topological polar surface area (TPSA) is 29.1 Å². The van der Waals surface area contributed by atoms with Crippen molar-refractivity contribution in [3.63, 3.8) is 0 Å². The number of hydrogen-bond acceptors (Lipinski definition) is 1. The Morgan fingerprint density at radius 3 is 2.62 bits per heavy atom. The first kappa shape index (κ1) is 11.9. The molecule has 2 fully saturated rings. The largest absolute Gasteiger partial charge is 0.353 e. The van der Waals surface area contributed by atoms with Crippen molar-refractivity contribution in [2.45, 2.75) is 65.3 Å². The molecule has 16 heavy (non-hydrogen) atoms. The van der Waals surface area contributed by atoms with E-state index < -0.39 is 0 Å². The van der Waals surface area contributed by atoms with Crippen molar-refractivity contribution in [2.24, 2.45) is 17.3 Å². The Morgan fingerprint density at radius 1 is 1.31 bits per heavy atom. The van der Waals surface area contributed by atoms with Crippen LogP contribution >= 0.6 is 0 Å². The van der Waals surface area contributed by atoms with Crippen LogP contribution in [0.5, 0.6) is 0 Å². The number of hydrogen-bond donors (Lipinski definition) is 1. The molecule has 0 aromatic carbocycles. The summed E-state index contributed by atoms with van der Waals surface area (Å²) < 4.78 is 0. The Kier molecular flexibility index (Phi) is 3.27. The summed E-state index contributed by atoms with van der Waals surface area (Å²) in [5, 5.41) is 3.11. The summed E-state index contributed by atoms with van der Waals surface area (Å²) in [6, 6.07) is 0.394. The number of nitrogens with one attached hydrogen (secondary N) is 1. The van der Waals surface area contributed by atoms with Crippen LogP contribution in [-0.4, -0.2) is 11.9 Å². The van der Waals surface area contributed by atoms with Crippen LogP contribution in [-0.2, 0) is 4.79 Å². The second kappa shape index (κ2) is 4.38. The van der Waals surface area contributed by atoms with Crippen molar-refractivity contribution in [3.8, 4) is 0 Å². The van der Waals surface area contributed by atoms with Gasteiger partial charge in [0.1, 0.15) is 0 Å². The minimum absolute atomic E-state index is 0.274. The summed E-state index contributed by atoms with van der Waals surface area (Å²) in [5.74, 6) is 1.95. The molecule has 92 valence electrons. The molecule has 0 radical (unpaired) electrons. The second-order valence-electron chi connectivity index (χ2n) is 6.26. The van der Waals surface area contributed by atoms with Crippen LogP contribution in [0.1, 0.15) is 59.3 Å². The van der Waals surface area contributed by atoms with Gasteiger partial charge in [-0.1, -0.05) is 26.7 Å². The van der Waals surface area contributed by atoms with Gasteiger partial charge in [-0.25, -0.2) is 0 Å². The number of rotatable bonds is 1. The average molecular weight is 223 g/mol. The molecule has 0 aromatic rings. The summed E-state index contributed by atoms with van der Waals surface area (Å²) in [6.45, 7) is 6.87. The van der Waals surface area contributed by atoms with Gasteiger partial charge in [0.2, 0.25) is 5.91 Å². The van der Waals surface area contributed by atoms with Crippen molar-refractivity contribution in [3.05, 3.63) is 0 Å². The van der Waals surface area contributed by atoms with Crippen LogP contribution in [0, 0.1) is 17.3 Å². The fourth-order valence-corrected chi connectivity index (χ4v) is 3.65. The lowest BCUT2D eigenvalue weighted by atomic mass is 9.74. The molecule has 1 N–H and O–H groups in total. The smallest absolute Gasteiger partial charge is 0.220 e. The summed E-state index contributed by atoms with van der Waals surface area (Å²) in [7, 11) is 0. The van der Waals surface area contributed by atoms with Crippen molar-refractivity contribution >= 4 is 5.91 Å². The first-order valence-electron chi connectivity index (χ1n) is 6.83. The third-order valence-corrected chi connectivity index (χ3v) is 5.01. The molecular weight excluding hydrogens is 198 g/mol. The molecule has 1 saturated carbocycles. The molecular formula is C14H25NO. The van der Waals surface area contributed by atoms with E-state index >= 15 is 0 Å². The maximum absolute atomic E-state index is 11.5. The molecule has 1 amide bonds. The summed E-state index contributed by atoms with van der Waals surface area (Å²) >= 11 is 0. The molecule has 1 heterocycles. The second-order valence-corrected chi connectivity index (χ2v) is 6.26. The first-order valence-corrected chi connectivity index (χ1v) is 6.83. The van der Waals surface area contributed by atoms with Gasteiger partial charge in [0.25, 0.3) is 0 Å². The lowest BCUT2D eigenvalue weighted by Gasteiger charge is -2.31. The molecule has 1 spiro atoms. The monoisotopic (exact) mass is 223 g/mol. The van der Waals surface area contributed by atoms with Gasteiger partial charge in [0, 0.05) is 12.5 Å². The highest BCUT2D eigenvalue weighted by Crippen LogP contribution is 2.46. The highest BCUT2D eigenvalue weighted by atomic mass is 16.2. The third-order valence-electron chi connectivity index (χ3n) is 5.01. The number of carbonyl (C=O) groups is 1. The Hall–Kier alpha value is -0.530. The molecule has 3 unspecified atom stereocenters. The van der Waals surface area contributed by atoms with Gasteiger partial charge >= 0.3 is 0 Å². The van der Waals surface area contributed by atoms with Crippen molar-refractivity contribution in [2.75, 3.05) is 0 Å². The van der Waals surface area contributed by atoms with E-state index in [0.717, 1.165) is 18.3 Å². The fraction of sp³-hybridized carbons (Fsp3) is 0.929. The molecule has 2 aliphatic rings. The van der Waals surface area contributed by atoms with Gasteiger partial charge < -0.3 is 5.32 Å². The Bertz CT molecular complexity index is 274. The van der Waals surface area contributed by atoms with Crippen molar-refractivity contribution in [1.29, 1.82) is 0 Å². The average Bonchev–Trinajstić information content (AvgIpc) is 2.37. The van der Waals surface area contributed by atoms with Gasteiger partial charge in [0.15, 0.2) is 0 Å². The Morgan fingerprint density at radius 2 is 2.06 bits per heavy atom. The van der Waals surface area contributed by atoms with E-state index in [9.17, 15) is 4.79 Å². The summed E-state index contributed by atoms with van der Waals surface area (Å²) in [4.78, 5) is 11.5. The van der Waals surface area contributed by atoms with Gasteiger partial charge in [-0.3, -0.25) is 4.79 Å². The van der Waals surface area contributed by atoms with Gasteiger partial charge in [-0.2, -0.15) is 0 Å². The standard InChI is InChI=1S/C14H25NO/c1-10(2)12-5-4-7-14(8-6-12)9-13(16)15-11(14)3/h10-12H,4-9H2,1-3H3,(H,15,16). The van der Waals surface area contributed by atoms with Crippen LogP contribution in [0.2, 0.25) is 0 Å². The Balaban J connectivity index is 2.05. The molecule has 1 aliphatic heterocycles. The van der Waals surface area contributed by atoms with Crippen LogP contribution in [0.25, 0.3) is 0 Å². The zero-order valence-corrected chi connectivity index (χ0v) is 10.9. The predicted molar refractivity (Wildman–Crippen MR) is 66.1 cm³/mol. The SMILES string of the molecule is CC(C)C1CCCC2(CC1)CC(=O)NC2C. The molecule has 3 atom stereocenters. The molecule has 1 aliphatic carbocycles. The highest BCUT2D eigenvalue weighted by molar-refractivity contribution is 5.79. The Labute approximate surface area is 99.2 Å². The van der Waals surface area contributed by atoms with Gasteiger partial charge in [0.05, 0.1) is 0 Å². The van der Waals surface area contributed by atoms with E-state index in [4.69, 9.17) is 0 Å². The zero-order chi connectivity index (χ0) is 11.8. The van der Waals surface area contributed by atoms with E-state index in [1.54, 1.807) is 0 Å². The molecule has 0 aromatic heterocycles. The van der Waals surface area contributed by atoms with Crippen LogP contribution in [0.15, 0.2) is 0 Å². The molecule has 2 heteroatoms. The van der Waals surface area contributed by atoms with Crippen LogP contribution in [0.3, 0.4) is 0 Å². The van der Waals surface area contributed by atoms with Gasteiger partial charge in [-0.05, 0) is 43.4 Å². The van der Waals surface area contributed by atoms with E-state index in [-0.39, 0.29) is 5.91 Å². The molecule has 0 bridgehead atoms. The molecule has 2 nitrogen and oxygen atoms in total. The minimum Gasteiger partial charge on any atom is -0.353 e. The van der Waals surface area contributed by atoms with Gasteiger partial charge in [-0.15, -0.1) is 0 Å². The van der Waals surface area contributed by atoms with Crippen molar-refractivity contribution < 1.29 is 4.79 Å². The normalized spacial score (nSPS) is 40.1. The maximum atomic E-state index is 11.5. The first-order chi connectivity index (χ1) is 7.53. The lowest BCUT2D eigenvalue weighted by Crippen LogP contribution is -2.34. The summed E-state index contributed by atoms with van der Waals surface area (Å²) in [6.07, 6.45) is 7.25. The third kappa shape index (κ3) is 2.11. The van der Waals surface area contributed by atoms with E-state index in [0.29, 0.717) is 11.5 Å². The highest BCUT2D eigenvalue weighted by Gasteiger charge is 2.45. The van der Waals surface area contributed by atoms with Crippen LogP contribution < -0.4 is 5.32 Å².